The Morgan fingerprint density at radius 3 is 2.09 bits per heavy atom. The number of hydrogen-bond donors (Lipinski definition) is 0. The van der Waals surface area contributed by atoms with Crippen LogP contribution in [0.5, 0.6) is 0 Å². The largest absolute Gasteiger partial charge is 0.377 e. The Labute approximate surface area is 131 Å². The molecule has 0 fully saturated rings. The van der Waals surface area contributed by atoms with Crippen molar-refractivity contribution >= 4 is 28.2 Å². The van der Waals surface area contributed by atoms with Crippen LogP contribution in [-0.4, -0.2) is 28.2 Å². The van der Waals surface area contributed by atoms with E-state index in [-0.39, 0.29) is 5.57 Å². The Balaban J connectivity index is 2.90. The molecule has 2 rings (SSSR count). The number of anilines is 2. The number of nitriles is 2. The van der Waals surface area contributed by atoms with Gasteiger partial charge in [-0.05, 0) is 23.8 Å². The van der Waals surface area contributed by atoms with Gasteiger partial charge in [0, 0.05) is 50.3 Å². The van der Waals surface area contributed by atoms with Crippen LogP contribution in [0, 0.1) is 22.7 Å². The van der Waals surface area contributed by atoms with Crippen LogP contribution in [0.15, 0.2) is 35.9 Å². The molecule has 0 atom stereocenters. The van der Waals surface area contributed by atoms with Gasteiger partial charge in [-0.25, -0.2) is 0 Å². The number of rotatable bonds is 3. The zero-order chi connectivity index (χ0) is 16.3. The van der Waals surface area contributed by atoms with Crippen LogP contribution in [0.25, 0.3) is 16.8 Å². The summed E-state index contributed by atoms with van der Waals surface area (Å²) in [5, 5.41) is 20.2. The van der Waals surface area contributed by atoms with E-state index in [4.69, 9.17) is 10.5 Å². The summed E-state index contributed by atoms with van der Waals surface area (Å²) in [4.78, 5) is 4.10. The molecule has 4 heteroatoms. The molecular formula is C18H18N4. The average Bonchev–Trinajstić information content (AvgIpc) is 2.51. The summed E-state index contributed by atoms with van der Waals surface area (Å²) >= 11 is 0. The van der Waals surface area contributed by atoms with Gasteiger partial charge < -0.3 is 9.80 Å². The molecule has 0 bridgehead atoms. The molecule has 0 radical (unpaired) electrons. The first-order valence-corrected chi connectivity index (χ1v) is 6.92. The molecule has 2 aromatic rings. The molecule has 0 saturated heterocycles. The highest BCUT2D eigenvalue weighted by molar-refractivity contribution is 6.06. The van der Waals surface area contributed by atoms with Crippen LogP contribution in [0.2, 0.25) is 0 Å². The highest BCUT2D eigenvalue weighted by Crippen LogP contribution is 2.35. The SMILES string of the molecule is CN(C)c1ccc(C=C(C#N)C#N)c2c(N(C)C)cccc12. The first-order valence-electron chi connectivity index (χ1n) is 6.92. The lowest BCUT2D eigenvalue weighted by molar-refractivity contribution is 1.13. The third kappa shape index (κ3) is 2.73. The minimum atomic E-state index is 0.104. The second-order valence-electron chi connectivity index (χ2n) is 5.44. The second kappa shape index (κ2) is 6.20. The predicted molar refractivity (Wildman–Crippen MR) is 91.8 cm³/mol. The molecule has 22 heavy (non-hydrogen) atoms. The molecule has 0 aliphatic heterocycles. The molecule has 0 heterocycles. The number of benzene rings is 2. The first-order chi connectivity index (χ1) is 10.5. The van der Waals surface area contributed by atoms with Crippen molar-refractivity contribution in [2.45, 2.75) is 0 Å². The Morgan fingerprint density at radius 2 is 1.55 bits per heavy atom. The fourth-order valence-corrected chi connectivity index (χ4v) is 2.53. The topological polar surface area (TPSA) is 54.1 Å². The molecule has 0 N–H and O–H groups in total. The van der Waals surface area contributed by atoms with E-state index in [2.05, 4.69) is 11.0 Å². The van der Waals surface area contributed by atoms with Gasteiger partial charge in [0.25, 0.3) is 0 Å². The zero-order valence-corrected chi connectivity index (χ0v) is 13.3. The van der Waals surface area contributed by atoms with Crippen LogP contribution < -0.4 is 9.80 Å². The summed E-state index contributed by atoms with van der Waals surface area (Å²) in [6, 6.07) is 13.9. The highest BCUT2D eigenvalue weighted by Gasteiger charge is 2.12. The van der Waals surface area contributed by atoms with Gasteiger partial charge in [0.2, 0.25) is 0 Å². The van der Waals surface area contributed by atoms with E-state index in [1.165, 1.54) is 0 Å². The van der Waals surface area contributed by atoms with Gasteiger partial charge in [0.05, 0.1) is 0 Å². The minimum Gasteiger partial charge on any atom is -0.377 e. The Hall–Kier alpha value is -2.98. The molecule has 0 spiro atoms. The molecule has 0 amide bonds. The van der Waals surface area contributed by atoms with Crippen molar-refractivity contribution < 1.29 is 0 Å². The lowest BCUT2D eigenvalue weighted by Crippen LogP contribution is -2.12. The summed E-state index contributed by atoms with van der Waals surface area (Å²) in [6.07, 6.45) is 1.65. The van der Waals surface area contributed by atoms with E-state index in [0.29, 0.717) is 0 Å². The fourth-order valence-electron chi connectivity index (χ4n) is 2.53. The predicted octanol–water partition coefficient (Wildman–Crippen LogP) is 3.40. The van der Waals surface area contributed by atoms with Gasteiger partial charge in [-0.1, -0.05) is 18.2 Å². The van der Waals surface area contributed by atoms with E-state index in [9.17, 15) is 0 Å². The van der Waals surface area contributed by atoms with Crippen LogP contribution in [-0.2, 0) is 0 Å². The molecule has 0 aromatic heterocycles. The lowest BCUT2D eigenvalue weighted by Gasteiger charge is -2.21. The monoisotopic (exact) mass is 290 g/mol. The van der Waals surface area contributed by atoms with Gasteiger partial charge >= 0.3 is 0 Å². The van der Waals surface area contributed by atoms with E-state index < -0.39 is 0 Å². The number of nitrogens with zero attached hydrogens (tertiary/aromatic N) is 4. The van der Waals surface area contributed by atoms with E-state index in [1.54, 1.807) is 6.08 Å². The molecule has 110 valence electrons. The summed E-state index contributed by atoms with van der Waals surface area (Å²) in [5.74, 6) is 0. The van der Waals surface area contributed by atoms with Gasteiger partial charge in [-0.15, -0.1) is 0 Å². The van der Waals surface area contributed by atoms with E-state index in [0.717, 1.165) is 27.7 Å². The Morgan fingerprint density at radius 1 is 0.909 bits per heavy atom. The van der Waals surface area contributed by atoms with Crippen molar-refractivity contribution in [3.05, 3.63) is 41.5 Å². The van der Waals surface area contributed by atoms with Gasteiger partial charge in [0.1, 0.15) is 17.7 Å². The third-order valence-corrected chi connectivity index (χ3v) is 3.53. The maximum atomic E-state index is 9.02. The standard InChI is InChI=1S/C18H18N4/c1-21(2)16-9-8-14(10-13(11-19)12-20)18-15(16)6-5-7-17(18)22(3)4/h5-10H,1-4H3. The molecule has 0 aliphatic rings. The average molecular weight is 290 g/mol. The number of hydrogen-bond acceptors (Lipinski definition) is 4. The van der Waals surface area contributed by atoms with Crippen molar-refractivity contribution in [3.8, 4) is 12.1 Å². The Bertz CT molecular complexity index is 801. The summed E-state index contributed by atoms with van der Waals surface area (Å²) in [6.45, 7) is 0. The second-order valence-corrected chi connectivity index (χ2v) is 5.44. The van der Waals surface area contributed by atoms with Crippen LogP contribution in [0.1, 0.15) is 5.56 Å². The summed E-state index contributed by atoms with van der Waals surface area (Å²) in [5.41, 5.74) is 3.14. The molecule has 4 nitrogen and oxygen atoms in total. The maximum absolute atomic E-state index is 9.02. The highest BCUT2D eigenvalue weighted by atomic mass is 15.1. The third-order valence-electron chi connectivity index (χ3n) is 3.53. The van der Waals surface area contributed by atoms with Gasteiger partial charge in [-0.3, -0.25) is 0 Å². The van der Waals surface area contributed by atoms with Crippen molar-refractivity contribution in [2.24, 2.45) is 0 Å². The normalized spacial score (nSPS) is 9.73. The van der Waals surface area contributed by atoms with Crippen molar-refractivity contribution in [3.63, 3.8) is 0 Å². The van der Waals surface area contributed by atoms with Gasteiger partial charge in [-0.2, -0.15) is 10.5 Å². The smallest absolute Gasteiger partial charge is 0.130 e. The first kappa shape index (κ1) is 15.4. The summed E-state index contributed by atoms with van der Waals surface area (Å²) in [7, 11) is 7.98. The van der Waals surface area contributed by atoms with E-state index >= 15 is 0 Å². The minimum absolute atomic E-state index is 0.104. The van der Waals surface area contributed by atoms with Crippen LogP contribution in [0.4, 0.5) is 11.4 Å². The molecule has 0 saturated carbocycles. The Kier molecular flexibility index (Phi) is 4.34. The van der Waals surface area contributed by atoms with Crippen molar-refractivity contribution in [1.29, 1.82) is 10.5 Å². The number of allylic oxidation sites excluding steroid dienone is 1. The summed E-state index contributed by atoms with van der Waals surface area (Å²) < 4.78 is 0. The molecule has 0 unspecified atom stereocenters. The van der Waals surface area contributed by atoms with E-state index in [1.807, 2.05) is 69.5 Å². The molecule has 2 aromatic carbocycles. The molecule has 0 aliphatic carbocycles. The lowest BCUT2D eigenvalue weighted by atomic mass is 9.98. The number of fused-ring (bicyclic) bond motifs is 1. The van der Waals surface area contributed by atoms with Crippen molar-refractivity contribution in [2.75, 3.05) is 38.0 Å². The molecular weight excluding hydrogens is 272 g/mol. The van der Waals surface area contributed by atoms with Crippen LogP contribution >= 0.6 is 0 Å². The van der Waals surface area contributed by atoms with Crippen molar-refractivity contribution in [1.82, 2.24) is 0 Å². The quantitative estimate of drug-likeness (QED) is 0.813. The maximum Gasteiger partial charge on any atom is 0.130 e. The van der Waals surface area contributed by atoms with Gasteiger partial charge in [0.15, 0.2) is 0 Å². The van der Waals surface area contributed by atoms with Crippen LogP contribution in [0.3, 0.4) is 0 Å². The zero-order valence-electron chi connectivity index (χ0n) is 13.3. The fraction of sp³-hybridized carbons (Fsp3) is 0.222.